The van der Waals surface area contributed by atoms with Gasteiger partial charge in [-0.15, -0.1) is 0 Å². The number of aromatic nitrogens is 4. The monoisotopic (exact) mass is 289 g/mol. The van der Waals surface area contributed by atoms with Gasteiger partial charge in [-0.3, -0.25) is 4.72 Å². The lowest BCUT2D eigenvalue weighted by Gasteiger charge is -2.06. The molecule has 102 valence electrons. The van der Waals surface area contributed by atoms with Gasteiger partial charge in [0, 0.05) is 5.69 Å². The van der Waals surface area contributed by atoms with E-state index in [0.29, 0.717) is 5.69 Å². The average Bonchev–Trinajstić information content (AvgIpc) is 3.13. The van der Waals surface area contributed by atoms with Gasteiger partial charge in [0.15, 0.2) is 5.03 Å². The van der Waals surface area contributed by atoms with E-state index < -0.39 is 10.0 Å². The molecule has 1 aromatic carbocycles. The minimum Gasteiger partial charge on any atom is -0.345 e. The number of imidazole rings is 2. The Balaban J connectivity index is 1.83. The summed E-state index contributed by atoms with van der Waals surface area (Å²) in [6.45, 7) is 0. The Hall–Kier alpha value is -2.61. The fraction of sp³-hybridized carbons (Fsp3) is 0. The molecule has 0 saturated heterocycles. The molecule has 3 aromatic rings. The Kier molecular flexibility index (Phi) is 2.99. The first-order valence-electron chi connectivity index (χ1n) is 5.75. The van der Waals surface area contributed by atoms with Crippen LogP contribution in [-0.4, -0.2) is 28.4 Å². The number of benzene rings is 1. The van der Waals surface area contributed by atoms with Crippen LogP contribution in [0.1, 0.15) is 0 Å². The highest BCUT2D eigenvalue weighted by atomic mass is 32.2. The van der Waals surface area contributed by atoms with E-state index in [0.717, 1.165) is 11.3 Å². The summed E-state index contributed by atoms with van der Waals surface area (Å²) in [5, 5.41) is 0.0233. The largest absolute Gasteiger partial charge is 0.345 e. The molecule has 0 aliphatic carbocycles. The van der Waals surface area contributed by atoms with E-state index in [1.165, 1.54) is 12.5 Å². The van der Waals surface area contributed by atoms with Crippen LogP contribution in [0.15, 0.2) is 54.3 Å². The van der Waals surface area contributed by atoms with E-state index in [1.807, 2.05) is 0 Å². The van der Waals surface area contributed by atoms with Crippen molar-refractivity contribution < 1.29 is 8.42 Å². The first-order chi connectivity index (χ1) is 9.65. The minimum atomic E-state index is -3.62. The summed E-state index contributed by atoms with van der Waals surface area (Å²) in [5.74, 6) is 0. The topological polar surface area (TPSA) is 104 Å². The molecule has 7 nitrogen and oxygen atoms in total. The Bertz CT molecular complexity index is 777. The fourth-order valence-corrected chi connectivity index (χ4v) is 2.70. The molecular weight excluding hydrogens is 278 g/mol. The SMILES string of the molecule is O=S(=O)(Nc1ccc(-c2cnc[nH]2)cc1)c1cnc[nH]1. The van der Waals surface area contributed by atoms with Crippen molar-refractivity contribution in [2.45, 2.75) is 5.03 Å². The molecule has 0 aliphatic rings. The van der Waals surface area contributed by atoms with Gasteiger partial charge < -0.3 is 9.97 Å². The molecule has 0 unspecified atom stereocenters. The molecular formula is C12H11N5O2S. The zero-order valence-corrected chi connectivity index (χ0v) is 11.1. The summed E-state index contributed by atoms with van der Waals surface area (Å²) in [4.78, 5) is 13.2. The van der Waals surface area contributed by atoms with Crippen LogP contribution >= 0.6 is 0 Å². The van der Waals surface area contributed by atoms with Gasteiger partial charge in [0.25, 0.3) is 10.0 Å². The van der Waals surface area contributed by atoms with Crippen molar-refractivity contribution in [3.05, 3.63) is 49.3 Å². The predicted octanol–water partition coefficient (Wildman–Crippen LogP) is 1.60. The van der Waals surface area contributed by atoms with Crippen molar-refractivity contribution in [2.24, 2.45) is 0 Å². The number of H-pyrrole nitrogens is 2. The van der Waals surface area contributed by atoms with Crippen LogP contribution in [0.2, 0.25) is 0 Å². The average molecular weight is 289 g/mol. The third-order valence-electron chi connectivity index (χ3n) is 2.71. The predicted molar refractivity (Wildman–Crippen MR) is 73.4 cm³/mol. The molecule has 0 bridgehead atoms. The van der Waals surface area contributed by atoms with Crippen molar-refractivity contribution in [2.75, 3.05) is 4.72 Å². The number of anilines is 1. The van der Waals surface area contributed by atoms with Crippen LogP contribution in [0.4, 0.5) is 5.69 Å². The van der Waals surface area contributed by atoms with Gasteiger partial charge >= 0.3 is 0 Å². The summed E-state index contributed by atoms with van der Waals surface area (Å²) in [6.07, 6.45) is 5.85. The maximum atomic E-state index is 12.0. The van der Waals surface area contributed by atoms with Gasteiger partial charge in [0.05, 0.1) is 30.7 Å². The van der Waals surface area contributed by atoms with Gasteiger partial charge in [-0.25, -0.2) is 9.97 Å². The van der Waals surface area contributed by atoms with Gasteiger partial charge in [-0.1, -0.05) is 12.1 Å². The number of hydrogen-bond acceptors (Lipinski definition) is 4. The third kappa shape index (κ3) is 2.41. The normalized spacial score (nSPS) is 11.4. The van der Waals surface area contributed by atoms with Crippen molar-refractivity contribution in [1.29, 1.82) is 0 Å². The van der Waals surface area contributed by atoms with Crippen LogP contribution in [0.5, 0.6) is 0 Å². The van der Waals surface area contributed by atoms with Crippen LogP contribution in [-0.2, 0) is 10.0 Å². The quantitative estimate of drug-likeness (QED) is 0.678. The van der Waals surface area contributed by atoms with Gasteiger partial charge in [-0.05, 0) is 17.7 Å². The molecule has 2 aromatic heterocycles. The summed E-state index contributed by atoms with van der Waals surface area (Å²) >= 11 is 0. The molecule has 0 aliphatic heterocycles. The lowest BCUT2D eigenvalue weighted by Crippen LogP contribution is -2.13. The summed E-state index contributed by atoms with van der Waals surface area (Å²) in [7, 11) is -3.62. The first kappa shape index (κ1) is 12.4. The maximum absolute atomic E-state index is 12.0. The molecule has 3 rings (SSSR count). The fourth-order valence-electron chi connectivity index (χ4n) is 1.73. The third-order valence-corrected chi connectivity index (χ3v) is 4.02. The highest BCUT2D eigenvalue weighted by Crippen LogP contribution is 2.20. The maximum Gasteiger partial charge on any atom is 0.278 e. The number of aromatic amines is 2. The summed E-state index contributed by atoms with van der Waals surface area (Å²) < 4.78 is 26.4. The van der Waals surface area contributed by atoms with Gasteiger partial charge in [0.1, 0.15) is 0 Å². The molecule has 0 atom stereocenters. The number of rotatable bonds is 4. The van der Waals surface area contributed by atoms with Crippen LogP contribution in [0.3, 0.4) is 0 Å². The zero-order chi connectivity index (χ0) is 14.0. The Morgan fingerprint density at radius 3 is 2.25 bits per heavy atom. The lowest BCUT2D eigenvalue weighted by molar-refractivity contribution is 0.598. The Morgan fingerprint density at radius 1 is 0.950 bits per heavy atom. The van der Waals surface area contributed by atoms with Crippen molar-refractivity contribution in [1.82, 2.24) is 19.9 Å². The van der Waals surface area contributed by atoms with Crippen molar-refractivity contribution in [3.8, 4) is 11.3 Å². The number of nitrogens with zero attached hydrogens (tertiary/aromatic N) is 2. The van der Waals surface area contributed by atoms with E-state index in [1.54, 1.807) is 36.8 Å². The first-order valence-corrected chi connectivity index (χ1v) is 7.23. The highest BCUT2D eigenvalue weighted by molar-refractivity contribution is 7.92. The molecule has 0 spiro atoms. The number of hydrogen-bond donors (Lipinski definition) is 3. The van der Waals surface area contributed by atoms with Crippen molar-refractivity contribution in [3.63, 3.8) is 0 Å². The molecule has 0 amide bonds. The van der Waals surface area contributed by atoms with E-state index in [-0.39, 0.29) is 5.03 Å². The van der Waals surface area contributed by atoms with E-state index in [2.05, 4.69) is 24.7 Å². The molecule has 8 heteroatoms. The second-order valence-corrected chi connectivity index (χ2v) is 5.71. The second-order valence-electron chi connectivity index (χ2n) is 4.06. The zero-order valence-electron chi connectivity index (χ0n) is 10.2. The summed E-state index contributed by atoms with van der Waals surface area (Å²) in [5.41, 5.74) is 2.27. The number of sulfonamides is 1. The minimum absolute atomic E-state index is 0.0233. The van der Waals surface area contributed by atoms with Gasteiger partial charge in [0.2, 0.25) is 0 Å². The van der Waals surface area contributed by atoms with Crippen LogP contribution in [0, 0.1) is 0 Å². The van der Waals surface area contributed by atoms with Crippen LogP contribution < -0.4 is 4.72 Å². The number of nitrogens with one attached hydrogen (secondary N) is 3. The standard InChI is InChI=1S/C12H11N5O2S/c18-20(19,12-6-14-8-16-12)17-10-3-1-9(2-4-10)11-5-13-7-15-11/h1-8,17H,(H,13,15)(H,14,16). The van der Waals surface area contributed by atoms with Crippen molar-refractivity contribution >= 4 is 15.7 Å². The molecule has 0 fully saturated rings. The smallest absolute Gasteiger partial charge is 0.278 e. The summed E-state index contributed by atoms with van der Waals surface area (Å²) in [6, 6.07) is 6.98. The van der Waals surface area contributed by atoms with E-state index >= 15 is 0 Å². The molecule has 0 radical (unpaired) electrons. The molecule has 2 heterocycles. The lowest BCUT2D eigenvalue weighted by atomic mass is 10.1. The van der Waals surface area contributed by atoms with E-state index in [9.17, 15) is 8.42 Å². The molecule has 3 N–H and O–H groups in total. The van der Waals surface area contributed by atoms with Crippen LogP contribution in [0.25, 0.3) is 11.3 Å². The Morgan fingerprint density at radius 2 is 1.65 bits per heavy atom. The Labute approximate surface area is 115 Å². The van der Waals surface area contributed by atoms with Gasteiger partial charge in [-0.2, -0.15) is 8.42 Å². The van der Waals surface area contributed by atoms with E-state index in [4.69, 9.17) is 0 Å². The second kappa shape index (κ2) is 4.82. The highest BCUT2D eigenvalue weighted by Gasteiger charge is 2.15. The molecule has 20 heavy (non-hydrogen) atoms. The molecule has 0 saturated carbocycles.